The minimum atomic E-state index is 0.00292. The molecule has 0 aliphatic heterocycles. The van der Waals surface area contributed by atoms with Crippen LogP contribution in [0.25, 0.3) is 10.2 Å². The van der Waals surface area contributed by atoms with E-state index in [0.29, 0.717) is 6.54 Å². The summed E-state index contributed by atoms with van der Waals surface area (Å²) in [5, 5.41) is 5.70. The van der Waals surface area contributed by atoms with Crippen LogP contribution in [0, 0.1) is 5.92 Å². The van der Waals surface area contributed by atoms with Crippen LogP contribution in [0.1, 0.15) is 32.6 Å². The van der Waals surface area contributed by atoms with E-state index in [1.54, 1.807) is 17.7 Å². The lowest BCUT2D eigenvalue weighted by Gasteiger charge is -2.40. The number of hydrogen-bond donors (Lipinski definition) is 2. The monoisotopic (exact) mass is 276 g/mol. The van der Waals surface area contributed by atoms with E-state index in [2.05, 4.69) is 27.6 Å². The van der Waals surface area contributed by atoms with Crippen LogP contribution in [0.5, 0.6) is 0 Å². The van der Waals surface area contributed by atoms with Crippen molar-refractivity contribution in [1.29, 1.82) is 0 Å². The number of nitrogens with one attached hydrogen (secondary N) is 1. The van der Waals surface area contributed by atoms with Crippen molar-refractivity contribution < 1.29 is 0 Å². The van der Waals surface area contributed by atoms with Crippen molar-refractivity contribution in [3.05, 3.63) is 17.8 Å². The molecule has 2 unspecified atom stereocenters. The summed E-state index contributed by atoms with van der Waals surface area (Å²) in [6.45, 7) is 2.97. The molecule has 0 bridgehead atoms. The summed E-state index contributed by atoms with van der Waals surface area (Å²) in [7, 11) is 0. The number of thiophene rings is 1. The van der Waals surface area contributed by atoms with Gasteiger partial charge in [0.25, 0.3) is 0 Å². The number of rotatable bonds is 3. The Labute approximate surface area is 117 Å². The van der Waals surface area contributed by atoms with Gasteiger partial charge in [-0.1, -0.05) is 19.8 Å². The minimum absolute atomic E-state index is 0.00292. The molecule has 1 saturated carbocycles. The molecule has 2 heterocycles. The van der Waals surface area contributed by atoms with Gasteiger partial charge in [-0.25, -0.2) is 9.97 Å². The Balaban J connectivity index is 1.92. The van der Waals surface area contributed by atoms with Gasteiger partial charge in [0.2, 0.25) is 0 Å². The van der Waals surface area contributed by atoms with Crippen LogP contribution in [-0.4, -0.2) is 22.1 Å². The molecule has 3 rings (SSSR count). The number of anilines is 1. The Morgan fingerprint density at radius 1 is 1.53 bits per heavy atom. The second kappa shape index (κ2) is 5.06. The first-order valence-corrected chi connectivity index (χ1v) is 7.77. The van der Waals surface area contributed by atoms with Gasteiger partial charge < -0.3 is 11.1 Å². The summed E-state index contributed by atoms with van der Waals surface area (Å²) in [4.78, 5) is 8.71. The van der Waals surface area contributed by atoms with E-state index < -0.39 is 0 Å². The molecule has 0 amide bonds. The van der Waals surface area contributed by atoms with Gasteiger partial charge in [-0.15, -0.1) is 11.3 Å². The molecule has 4 nitrogen and oxygen atoms in total. The zero-order valence-corrected chi connectivity index (χ0v) is 12.0. The molecule has 0 aromatic carbocycles. The maximum Gasteiger partial charge on any atom is 0.147 e. The van der Waals surface area contributed by atoms with Gasteiger partial charge in [0.15, 0.2) is 0 Å². The summed E-state index contributed by atoms with van der Waals surface area (Å²) < 4.78 is 1.13. The summed E-state index contributed by atoms with van der Waals surface area (Å²) in [5.74, 6) is 1.67. The van der Waals surface area contributed by atoms with Crippen molar-refractivity contribution in [2.45, 2.75) is 38.1 Å². The third-order valence-corrected chi connectivity index (χ3v) is 5.02. The fraction of sp³-hybridized carbons (Fsp3) is 0.571. The Bertz CT molecular complexity index is 567. The fourth-order valence-corrected chi connectivity index (χ4v) is 3.93. The summed E-state index contributed by atoms with van der Waals surface area (Å²) in [6.07, 6.45) is 6.44. The maximum atomic E-state index is 6.07. The molecule has 2 aromatic heterocycles. The lowest BCUT2D eigenvalue weighted by Crippen LogP contribution is -2.48. The second-order valence-electron chi connectivity index (χ2n) is 5.67. The Hall–Kier alpha value is -1.20. The van der Waals surface area contributed by atoms with Crippen molar-refractivity contribution in [1.82, 2.24) is 9.97 Å². The van der Waals surface area contributed by atoms with E-state index in [1.807, 2.05) is 6.07 Å². The number of hydrogen-bond acceptors (Lipinski definition) is 5. The molecule has 0 saturated heterocycles. The van der Waals surface area contributed by atoms with E-state index in [9.17, 15) is 0 Å². The van der Waals surface area contributed by atoms with Crippen molar-refractivity contribution in [3.8, 4) is 0 Å². The molecular weight excluding hydrogens is 256 g/mol. The van der Waals surface area contributed by atoms with Crippen LogP contribution in [-0.2, 0) is 0 Å². The molecule has 102 valence electrons. The Kier molecular flexibility index (Phi) is 3.41. The third-order valence-electron chi connectivity index (χ3n) is 4.11. The predicted octanol–water partition coefficient (Wildman–Crippen LogP) is 3.01. The van der Waals surface area contributed by atoms with E-state index in [0.717, 1.165) is 34.8 Å². The van der Waals surface area contributed by atoms with Gasteiger partial charge in [0.1, 0.15) is 12.1 Å². The van der Waals surface area contributed by atoms with Crippen molar-refractivity contribution in [2.24, 2.45) is 11.7 Å². The zero-order valence-electron chi connectivity index (χ0n) is 11.2. The molecular formula is C14H20N4S. The van der Waals surface area contributed by atoms with Gasteiger partial charge in [-0.3, -0.25) is 0 Å². The predicted molar refractivity (Wildman–Crippen MR) is 80.5 cm³/mol. The number of aromatic nitrogens is 2. The van der Waals surface area contributed by atoms with Crippen LogP contribution in [0.3, 0.4) is 0 Å². The fourth-order valence-electron chi connectivity index (χ4n) is 3.14. The normalized spacial score (nSPS) is 27.6. The molecule has 0 spiro atoms. The van der Waals surface area contributed by atoms with Gasteiger partial charge in [0.05, 0.1) is 15.8 Å². The van der Waals surface area contributed by atoms with Crippen LogP contribution in [0.2, 0.25) is 0 Å². The summed E-state index contributed by atoms with van der Waals surface area (Å²) >= 11 is 1.68. The van der Waals surface area contributed by atoms with Crippen LogP contribution >= 0.6 is 11.3 Å². The zero-order chi connectivity index (χ0) is 13.3. The Morgan fingerprint density at radius 3 is 3.21 bits per heavy atom. The standard InChI is InChI=1S/C14H20N4S/c1-10-3-2-5-14(7-10,8-15)18-13-12-11(4-6-19-12)16-9-17-13/h4,6,9-10H,2-3,5,7-8,15H2,1H3,(H,16,17,18). The topological polar surface area (TPSA) is 63.8 Å². The van der Waals surface area contributed by atoms with E-state index >= 15 is 0 Å². The first kappa shape index (κ1) is 12.8. The first-order valence-electron chi connectivity index (χ1n) is 6.89. The summed E-state index contributed by atoms with van der Waals surface area (Å²) in [6, 6.07) is 2.03. The van der Waals surface area contributed by atoms with Crippen molar-refractivity contribution >= 4 is 27.4 Å². The highest BCUT2D eigenvalue weighted by Gasteiger charge is 2.34. The highest BCUT2D eigenvalue weighted by molar-refractivity contribution is 7.17. The second-order valence-corrected chi connectivity index (χ2v) is 6.58. The average Bonchev–Trinajstić information content (AvgIpc) is 2.88. The molecule has 1 fully saturated rings. The average molecular weight is 276 g/mol. The lowest BCUT2D eigenvalue weighted by atomic mass is 9.76. The molecule has 0 radical (unpaired) electrons. The maximum absolute atomic E-state index is 6.07. The SMILES string of the molecule is CC1CCCC(CN)(Nc2ncnc3ccsc23)C1. The van der Waals surface area contributed by atoms with Crippen LogP contribution < -0.4 is 11.1 Å². The van der Waals surface area contributed by atoms with Crippen molar-refractivity contribution in [3.63, 3.8) is 0 Å². The van der Waals surface area contributed by atoms with Crippen LogP contribution in [0.15, 0.2) is 17.8 Å². The van der Waals surface area contributed by atoms with Crippen LogP contribution in [0.4, 0.5) is 5.82 Å². The van der Waals surface area contributed by atoms with Gasteiger partial charge in [-0.2, -0.15) is 0 Å². The van der Waals surface area contributed by atoms with E-state index in [-0.39, 0.29) is 5.54 Å². The first-order chi connectivity index (χ1) is 9.22. The largest absolute Gasteiger partial charge is 0.362 e. The quantitative estimate of drug-likeness (QED) is 0.904. The highest BCUT2D eigenvalue weighted by atomic mass is 32.1. The molecule has 1 aliphatic rings. The lowest BCUT2D eigenvalue weighted by molar-refractivity contribution is 0.263. The third kappa shape index (κ3) is 2.44. The van der Waals surface area contributed by atoms with Gasteiger partial charge in [0, 0.05) is 6.54 Å². The van der Waals surface area contributed by atoms with Gasteiger partial charge in [-0.05, 0) is 30.2 Å². The van der Waals surface area contributed by atoms with E-state index in [4.69, 9.17) is 5.73 Å². The molecule has 2 atom stereocenters. The molecule has 2 aromatic rings. The minimum Gasteiger partial charge on any atom is -0.362 e. The summed E-state index contributed by atoms with van der Waals surface area (Å²) in [5.41, 5.74) is 7.08. The van der Waals surface area contributed by atoms with Gasteiger partial charge >= 0.3 is 0 Å². The number of fused-ring (bicyclic) bond motifs is 1. The Morgan fingerprint density at radius 2 is 2.42 bits per heavy atom. The van der Waals surface area contributed by atoms with Crippen molar-refractivity contribution in [2.75, 3.05) is 11.9 Å². The highest BCUT2D eigenvalue weighted by Crippen LogP contribution is 2.36. The molecule has 3 N–H and O–H groups in total. The number of nitrogens with zero attached hydrogens (tertiary/aromatic N) is 2. The molecule has 19 heavy (non-hydrogen) atoms. The van der Waals surface area contributed by atoms with E-state index in [1.165, 1.54) is 12.8 Å². The molecule has 5 heteroatoms. The number of nitrogens with two attached hydrogens (primary N) is 1. The molecule has 1 aliphatic carbocycles. The smallest absolute Gasteiger partial charge is 0.147 e.